The van der Waals surface area contributed by atoms with Crippen molar-refractivity contribution in [2.75, 3.05) is 34.5 Å². The van der Waals surface area contributed by atoms with E-state index in [0.29, 0.717) is 24.6 Å². The maximum absolute atomic E-state index is 13.1. The van der Waals surface area contributed by atoms with E-state index in [1.807, 2.05) is 11.9 Å². The van der Waals surface area contributed by atoms with Crippen molar-refractivity contribution < 1.29 is 21.6 Å². The van der Waals surface area contributed by atoms with E-state index in [9.17, 15) is 16.8 Å². The number of anilines is 3. The van der Waals surface area contributed by atoms with Crippen LogP contribution in [0.25, 0.3) is 0 Å². The van der Waals surface area contributed by atoms with Crippen LogP contribution in [-0.4, -0.2) is 37.0 Å². The van der Waals surface area contributed by atoms with Gasteiger partial charge in [0.1, 0.15) is 16.6 Å². The van der Waals surface area contributed by atoms with E-state index in [1.165, 1.54) is 30.3 Å². The molecule has 2 heterocycles. The Morgan fingerprint density at radius 2 is 1.62 bits per heavy atom. The maximum atomic E-state index is 13.1. The number of likely N-dealkylation sites (N-methyl/N-ethyl adjacent to an activating group) is 1. The zero-order valence-corrected chi connectivity index (χ0v) is 20.5. The number of sulfonamides is 2. The first-order valence-corrected chi connectivity index (χ1v) is 13.7. The van der Waals surface area contributed by atoms with Gasteiger partial charge in [-0.25, -0.2) is 16.8 Å². The maximum Gasteiger partial charge on any atom is 0.271 e. The molecule has 0 atom stereocenters. The van der Waals surface area contributed by atoms with Crippen LogP contribution >= 0.6 is 34.5 Å². The van der Waals surface area contributed by atoms with Crippen molar-refractivity contribution in [2.45, 2.75) is 9.10 Å². The van der Waals surface area contributed by atoms with E-state index >= 15 is 0 Å². The number of rotatable bonds is 6. The van der Waals surface area contributed by atoms with Gasteiger partial charge in [0.25, 0.3) is 20.0 Å². The van der Waals surface area contributed by atoms with Crippen LogP contribution < -0.4 is 19.1 Å². The fraction of sp³-hybridized carbons (Fsp3) is 0.158. The monoisotopic (exact) mass is 533 g/mol. The average Bonchev–Trinajstić information content (AvgIpc) is 3.27. The van der Waals surface area contributed by atoms with Gasteiger partial charge in [0.15, 0.2) is 0 Å². The molecule has 0 amide bonds. The van der Waals surface area contributed by atoms with Crippen molar-refractivity contribution in [3.05, 3.63) is 57.9 Å². The molecule has 170 valence electrons. The van der Waals surface area contributed by atoms with Gasteiger partial charge in [-0.2, -0.15) is 0 Å². The van der Waals surface area contributed by atoms with Gasteiger partial charge in [0, 0.05) is 7.05 Å². The van der Waals surface area contributed by atoms with Crippen molar-refractivity contribution in [3.8, 4) is 5.75 Å². The van der Waals surface area contributed by atoms with Gasteiger partial charge >= 0.3 is 0 Å². The molecule has 0 radical (unpaired) electrons. The molecule has 1 aliphatic rings. The summed E-state index contributed by atoms with van der Waals surface area (Å²) < 4.78 is 62.0. The third kappa shape index (κ3) is 4.62. The molecular weight excluding hydrogens is 517 g/mol. The number of fused-ring (bicyclic) bond motifs is 1. The predicted molar refractivity (Wildman–Crippen MR) is 128 cm³/mol. The van der Waals surface area contributed by atoms with Crippen LogP contribution in [-0.2, 0) is 20.0 Å². The first-order valence-electron chi connectivity index (χ1n) is 9.13. The second-order valence-corrected chi connectivity index (χ2v) is 12.2. The first-order chi connectivity index (χ1) is 15.1. The molecule has 1 aromatic heterocycles. The highest BCUT2D eigenvalue weighted by Gasteiger charge is 2.24. The van der Waals surface area contributed by atoms with Crippen LogP contribution in [0.15, 0.2) is 56.9 Å². The van der Waals surface area contributed by atoms with Gasteiger partial charge in [-0.05, 0) is 41.8 Å². The zero-order valence-electron chi connectivity index (χ0n) is 16.5. The van der Waals surface area contributed by atoms with Crippen LogP contribution in [0.1, 0.15) is 0 Å². The fourth-order valence-corrected chi connectivity index (χ4v) is 6.51. The lowest BCUT2D eigenvalue weighted by Crippen LogP contribution is -2.29. The van der Waals surface area contributed by atoms with E-state index < -0.39 is 20.0 Å². The molecule has 0 spiro atoms. The van der Waals surface area contributed by atoms with E-state index in [0.717, 1.165) is 11.3 Å². The Morgan fingerprint density at radius 3 is 2.25 bits per heavy atom. The molecule has 0 saturated heterocycles. The van der Waals surface area contributed by atoms with Gasteiger partial charge < -0.3 is 9.64 Å². The van der Waals surface area contributed by atoms with Gasteiger partial charge in [-0.15, -0.1) is 11.3 Å². The van der Waals surface area contributed by atoms with Crippen molar-refractivity contribution in [3.63, 3.8) is 0 Å². The normalized spacial score (nSPS) is 13.9. The molecular formula is C19H17Cl2N3O5S3. The molecule has 32 heavy (non-hydrogen) atoms. The molecule has 2 aromatic carbocycles. The van der Waals surface area contributed by atoms with Crippen molar-refractivity contribution in [2.24, 2.45) is 0 Å². The Labute approximate surface area is 199 Å². The third-order valence-corrected chi connectivity index (χ3v) is 9.49. The molecule has 8 nitrogen and oxygen atoms in total. The summed E-state index contributed by atoms with van der Waals surface area (Å²) in [6.07, 6.45) is 0. The van der Waals surface area contributed by atoms with Crippen LogP contribution in [0.3, 0.4) is 0 Å². The van der Waals surface area contributed by atoms with E-state index in [-0.39, 0.29) is 30.5 Å². The summed E-state index contributed by atoms with van der Waals surface area (Å²) in [5.74, 6) is 0.580. The fourth-order valence-electron chi connectivity index (χ4n) is 3.03. The zero-order chi connectivity index (χ0) is 23.1. The van der Waals surface area contributed by atoms with E-state index in [2.05, 4.69) is 9.44 Å². The highest BCUT2D eigenvalue weighted by atomic mass is 35.5. The number of nitrogens with one attached hydrogen (secondary N) is 2. The van der Waals surface area contributed by atoms with E-state index in [4.69, 9.17) is 27.9 Å². The minimum atomic E-state index is -4.10. The standard InChI is InChI=1S/C19H17Cl2N3O5S3/c1-24-6-7-29-18-5-4-12(9-17(18)24)31(25,26)22-15-10-13(20)14(21)11-16(15)23-32(27,28)19-3-2-8-30-19/h2-5,8-11,22-23H,6-7H2,1H3. The molecule has 0 unspecified atom stereocenters. The summed E-state index contributed by atoms with van der Waals surface area (Å²) in [5.41, 5.74) is 0.503. The first kappa shape index (κ1) is 23.0. The molecule has 13 heteroatoms. The molecule has 0 bridgehead atoms. The number of nitrogens with zero attached hydrogens (tertiary/aromatic N) is 1. The van der Waals surface area contributed by atoms with Crippen LogP contribution in [0.2, 0.25) is 10.0 Å². The number of ether oxygens (including phenoxy) is 1. The van der Waals surface area contributed by atoms with Crippen LogP contribution in [0.5, 0.6) is 5.75 Å². The Kier molecular flexibility index (Phi) is 6.21. The summed E-state index contributed by atoms with van der Waals surface area (Å²) >= 11 is 13.2. The lowest BCUT2D eigenvalue weighted by Gasteiger charge is -2.28. The predicted octanol–water partition coefficient (Wildman–Crippen LogP) is 4.49. The van der Waals surface area contributed by atoms with Gasteiger partial charge in [0.05, 0.1) is 38.5 Å². The van der Waals surface area contributed by atoms with Crippen molar-refractivity contribution in [1.82, 2.24) is 0 Å². The molecule has 1 aliphatic heterocycles. The molecule has 0 aliphatic carbocycles. The molecule has 3 aromatic rings. The summed E-state index contributed by atoms with van der Waals surface area (Å²) in [6.45, 7) is 1.12. The second-order valence-electron chi connectivity index (χ2n) is 6.85. The quantitative estimate of drug-likeness (QED) is 0.483. The van der Waals surface area contributed by atoms with E-state index in [1.54, 1.807) is 17.5 Å². The summed E-state index contributed by atoms with van der Waals surface area (Å²) in [6, 6.07) is 10.0. The highest BCUT2D eigenvalue weighted by Crippen LogP contribution is 2.37. The smallest absolute Gasteiger partial charge is 0.271 e. The molecule has 2 N–H and O–H groups in total. The molecule has 0 saturated carbocycles. The van der Waals surface area contributed by atoms with Crippen molar-refractivity contribution in [1.29, 1.82) is 0 Å². The lowest BCUT2D eigenvalue weighted by atomic mass is 10.2. The van der Waals surface area contributed by atoms with Gasteiger partial charge in [0.2, 0.25) is 0 Å². The second kappa shape index (κ2) is 8.64. The van der Waals surface area contributed by atoms with Crippen molar-refractivity contribution >= 4 is 71.6 Å². The Balaban J connectivity index is 1.71. The number of benzene rings is 2. The summed E-state index contributed by atoms with van der Waals surface area (Å²) in [4.78, 5) is 1.86. The topological polar surface area (TPSA) is 105 Å². The molecule has 0 fully saturated rings. The van der Waals surface area contributed by atoms with Crippen LogP contribution in [0.4, 0.5) is 17.1 Å². The minimum absolute atomic E-state index is 0.0215. The average molecular weight is 534 g/mol. The number of hydrogen-bond donors (Lipinski definition) is 2. The summed E-state index contributed by atoms with van der Waals surface area (Å²) in [7, 11) is -6.22. The number of thiophene rings is 1. The largest absolute Gasteiger partial charge is 0.490 e. The number of halogens is 2. The van der Waals surface area contributed by atoms with Gasteiger partial charge in [-0.3, -0.25) is 9.44 Å². The Morgan fingerprint density at radius 1 is 0.969 bits per heavy atom. The number of hydrogen-bond acceptors (Lipinski definition) is 7. The van der Waals surface area contributed by atoms with Gasteiger partial charge in [-0.1, -0.05) is 29.3 Å². The minimum Gasteiger partial charge on any atom is -0.490 e. The molecule has 4 rings (SSSR count). The lowest BCUT2D eigenvalue weighted by molar-refractivity contribution is 0.311. The van der Waals surface area contributed by atoms with Crippen LogP contribution in [0, 0.1) is 0 Å². The Hall–Kier alpha value is -2.18. The SMILES string of the molecule is CN1CCOc2ccc(S(=O)(=O)Nc3cc(Cl)c(Cl)cc3NS(=O)(=O)c3cccs3)cc21. The Bertz CT molecular complexity index is 1380. The summed E-state index contributed by atoms with van der Waals surface area (Å²) in [5, 5.41) is 1.73. The third-order valence-electron chi connectivity index (χ3n) is 4.65. The highest BCUT2D eigenvalue weighted by molar-refractivity contribution is 7.94.